The number of anilines is 2. The number of nitrogens with one attached hydrogen (secondary N) is 1. The van der Waals surface area contributed by atoms with Crippen molar-refractivity contribution >= 4 is 17.3 Å². The summed E-state index contributed by atoms with van der Waals surface area (Å²) in [5, 5.41) is 12.5. The van der Waals surface area contributed by atoms with Gasteiger partial charge in [0.2, 0.25) is 5.91 Å². The molecule has 0 unspecified atom stereocenters. The lowest BCUT2D eigenvalue weighted by atomic mass is 9.88. The molecule has 0 saturated heterocycles. The lowest BCUT2D eigenvalue weighted by Gasteiger charge is -2.39. The van der Waals surface area contributed by atoms with Crippen LogP contribution in [0.3, 0.4) is 0 Å². The summed E-state index contributed by atoms with van der Waals surface area (Å²) >= 11 is 0. The minimum atomic E-state index is -0.291. The Morgan fingerprint density at radius 1 is 1.10 bits per heavy atom. The molecule has 0 fully saturated rings. The van der Waals surface area contributed by atoms with E-state index in [1.807, 2.05) is 42.2 Å². The highest BCUT2D eigenvalue weighted by Gasteiger charge is 2.32. The molecule has 0 saturated carbocycles. The molecule has 4 nitrogen and oxygen atoms in total. The molecule has 1 N–H and O–H groups in total. The van der Waals surface area contributed by atoms with E-state index in [4.69, 9.17) is 5.26 Å². The number of benzene rings is 3. The predicted octanol–water partition coefficient (Wildman–Crippen LogP) is 5.66. The van der Waals surface area contributed by atoms with Crippen molar-refractivity contribution in [2.75, 3.05) is 10.2 Å². The molecule has 0 spiro atoms. The van der Waals surface area contributed by atoms with Crippen LogP contribution in [0.2, 0.25) is 0 Å². The SMILES string of the molecule is CC(=O)N1c2ccc(-c3ccc(C#N)cc3)cc2[C@H](Nc2cccc(F)c2)C[C@@H]1C. The van der Waals surface area contributed by atoms with Gasteiger partial charge >= 0.3 is 0 Å². The lowest BCUT2D eigenvalue weighted by molar-refractivity contribution is -0.117. The van der Waals surface area contributed by atoms with E-state index in [2.05, 4.69) is 17.5 Å². The summed E-state index contributed by atoms with van der Waals surface area (Å²) in [5.41, 5.74) is 5.18. The van der Waals surface area contributed by atoms with Crippen LogP contribution < -0.4 is 10.2 Å². The second-order valence-corrected chi connectivity index (χ2v) is 7.64. The highest BCUT2D eigenvalue weighted by atomic mass is 19.1. The molecule has 0 aliphatic carbocycles. The molecule has 1 aliphatic rings. The number of rotatable bonds is 3. The van der Waals surface area contributed by atoms with Gasteiger partial charge in [-0.3, -0.25) is 4.79 Å². The number of amides is 1. The van der Waals surface area contributed by atoms with E-state index >= 15 is 0 Å². The summed E-state index contributed by atoms with van der Waals surface area (Å²) in [6, 6.07) is 22.0. The van der Waals surface area contributed by atoms with Crippen LogP contribution in [0.1, 0.15) is 37.4 Å². The Hall–Kier alpha value is -3.65. The maximum atomic E-state index is 13.7. The molecule has 3 aromatic rings. The molecular formula is C25H22FN3O. The molecule has 30 heavy (non-hydrogen) atoms. The van der Waals surface area contributed by atoms with Crippen LogP contribution in [0, 0.1) is 17.1 Å². The number of halogens is 1. The average molecular weight is 399 g/mol. The minimum Gasteiger partial charge on any atom is -0.378 e. The number of nitriles is 1. The van der Waals surface area contributed by atoms with Crippen molar-refractivity contribution in [3.8, 4) is 17.2 Å². The van der Waals surface area contributed by atoms with Gasteiger partial charge in [-0.15, -0.1) is 0 Å². The fraction of sp³-hybridized carbons (Fsp3) is 0.200. The zero-order chi connectivity index (χ0) is 21.3. The summed E-state index contributed by atoms with van der Waals surface area (Å²) in [7, 11) is 0. The summed E-state index contributed by atoms with van der Waals surface area (Å²) in [4.78, 5) is 14.2. The smallest absolute Gasteiger partial charge is 0.224 e. The third kappa shape index (κ3) is 3.77. The third-order valence-corrected chi connectivity index (χ3v) is 5.53. The number of nitrogens with zero attached hydrogens (tertiary/aromatic N) is 2. The van der Waals surface area contributed by atoms with Crippen LogP contribution in [0.25, 0.3) is 11.1 Å². The molecule has 0 radical (unpaired) electrons. The largest absolute Gasteiger partial charge is 0.378 e. The van der Waals surface area contributed by atoms with E-state index in [9.17, 15) is 9.18 Å². The van der Waals surface area contributed by atoms with Crippen molar-refractivity contribution in [2.45, 2.75) is 32.4 Å². The number of hydrogen-bond donors (Lipinski definition) is 1. The molecule has 150 valence electrons. The first-order valence-electron chi connectivity index (χ1n) is 9.92. The zero-order valence-electron chi connectivity index (χ0n) is 16.9. The summed E-state index contributed by atoms with van der Waals surface area (Å²) in [6.07, 6.45) is 0.708. The summed E-state index contributed by atoms with van der Waals surface area (Å²) in [6.45, 7) is 3.61. The van der Waals surface area contributed by atoms with Gasteiger partial charge in [-0.1, -0.05) is 24.3 Å². The van der Waals surface area contributed by atoms with Gasteiger partial charge in [0, 0.05) is 24.3 Å². The van der Waals surface area contributed by atoms with E-state index in [1.165, 1.54) is 12.1 Å². The Bertz CT molecular complexity index is 1130. The number of carbonyl (C=O) groups excluding carboxylic acids is 1. The van der Waals surface area contributed by atoms with Gasteiger partial charge in [0.15, 0.2) is 0 Å². The summed E-state index contributed by atoms with van der Waals surface area (Å²) < 4.78 is 13.7. The van der Waals surface area contributed by atoms with Gasteiger partial charge in [-0.25, -0.2) is 4.39 Å². The fourth-order valence-corrected chi connectivity index (χ4v) is 4.18. The first kappa shape index (κ1) is 19.7. The molecule has 2 atom stereocenters. The van der Waals surface area contributed by atoms with Crippen molar-refractivity contribution in [1.82, 2.24) is 0 Å². The Morgan fingerprint density at radius 2 is 1.83 bits per heavy atom. The highest BCUT2D eigenvalue weighted by molar-refractivity contribution is 5.94. The Kier molecular flexibility index (Phi) is 5.24. The molecule has 0 bridgehead atoms. The van der Waals surface area contributed by atoms with Crippen LogP contribution in [0.15, 0.2) is 66.7 Å². The van der Waals surface area contributed by atoms with E-state index in [0.717, 1.165) is 22.4 Å². The van der Waals surface area contributed by atoms with Gasteiger partial charge in [0.05, 0.1) is 17.7 Å². The maximum Gasteiger partial charge on any atom is 0.224 e. The van der Waals surface area contributed by atoms with Gasteiger partial charge in [0.1, 0.15) is 5.82 Å². The molecular weight excluding hydrogens is 377 g/mol. The normalized spacial score (nSPS) is 17.7. The van der Waals surface area contributed by atoms with Crippen molar-refractivity contribution in [2.24, 2.45) is 0 Å². The molecule has 1 aliphatic heterocycles. The van der Waals surface area contributed by atoms with Gasteiger partial charge < -0.3 is 10.2 Å². The lowest BCUT2D eigenvalue weighted by Crippen LogP contribution is -2.43. The molecule has 0 aromatic heterocycles. The second kappa shape index (κ2) is 8.00. The number of hydrogen-bond acceptors (Lipinski definition) is 3. The van der Waals surface area contributed by atoms with E-state index in [-0.39, 0.29) is 23.8 Å². The Labute approximate surface area is 175 Å². The summed E-state index contributed by atoms with van der Waals surface area (Å²) in [5.74, 6) is -0.292. The molecule has 3 aromatic carbocycles. The number of fused-ring (bicyclic) bond motifs is 1. The Morgan fingerprint density at radius 3 is 2.50 bits per heavy atom. The van der Waals surface area contributed by atoms with Gasteiger partial charge in [-0.05, 0) is 72.5 Å². The first-order chi connectivity index (χ1) is 14.5. The van der Waals surface area contributed by atoms with Crippen molar-refractivity contribution < 1.29 is 9.18 Å². The average Bonchev–Trinajstić information content (AvgIpc) is 2.73. The number of carbonyl (C=O) groups is 1. The van der Waals surface area contributed by atoms with Gasteiger partial charge in [0.25, 0.3) is 0 Å². The van der Waals surface area contributed by atoms with Crippen LogP contribution >= 0.6 is 0 Å². The standard InChI is InChI=1S/C25H22FN3O/c1-16-12-24(28-22-5-3-4-21(26)14-22)23-13-20(10-11-25(23)29(16)17(2)30)19-8-6-18(15-27)7-9-19/h3-11,13-14,16,24,28H,12H2,1-2H3/t16-,24+/m0/s1. The zero-order valence-corrected chi connectivity index (χ0v) is 16.9. The molecule has 1 heterocycles. The maximum absolute atomic E-state index is 13.7. The van der Waals surface area contributed by atoms with Crippen LogP contribution in [0.5, 0.6) is 0 Å². The van der Waals surface area contributed by atoms with E-state index < -0.39 is 0 Å². The van der Waals surface area contributed by atoms with Crippen molar-refractivity contribution in [3.05, 3.63) is 83.7 Å². The predicted molar refractivity (Wildman–Crippen MR) is 117 cm³/mol. The molecule has 4 rings (SSSR count). The van der Waals surface area contributed by atoms with Crippen molar-refractivity contribution in [3.63, 3.8) is 0 Å². The fourth-order valence-electron chi connectivity index (χ4n) is 4.18. The van der Waals surface area contributed by atoms with E-state index in [0.29, 0.717) is 17.7 Å². The highest BCUT2D eigenvalue weighted by Crippen LogP contribution is 2.41. The van der Waals surface area contributed by atoms with Crippen LogP contribution in [-0.2, 0) is 4.79 Å². The second-order valence-electron chi connectivity index (χ2n) is 7.64. The molecule has 1 amide bonds. The molecule has 5 heteroatoms. The van der Waals surface area contributed by atoms with Gasteiger partial charge in [-0.2, -0.15) is 5.26 Å². The quantitative estimate of drug-likeness (QED) is 0.618. The first-order valence-corrected chi connectivity index (χ1v) is 9.92. The minimum absolute atomic E-state index is 0.000853. The van der Waals surface area contributed by atoms with Crippen LogP contribution in [-0.4, -0.2) is 11.9 Å². The topological polar surface area (TPSA) is 56.1 Å². The van der Waals surface area contributed by atoms with Crippen LogP contribution in [0.4, 0.5) is 15.8 Å². The Balaban J connectivity index is 1.77. The van der Waals surface area contributed by atoms with Crippen molar-refractivity contribution in [1.29, 1.82) is 5.26 Å². The van der Waals surface area contributed by atoms with E-state index in [1.54, 1.807) is 25.1 Å². The monoisotopic (exact) mass is 399 g/mol. The third-order valence-electron chi connectivity index (χ3n) is 5.53.